The van der Waals surface area contributed by atoms with Gasteiger partial charge in [0.05, 0.1) is 12.2 Å². The fraction of sp³-hybridized carbons (Fsp3) is 0.474. The van der Waals surface area contributed by atoms with Gasteiger partial charge in [0, 0.05) is 5.39 Å². The highest BCUT2D eigenvalue weighted by Crippen LogP contribution is 2.57. The highest BCUT2D eigenvalue weighted by Gasteiger charge is 2.63. The topological polar surface area (TPSA) is 115 Å². The molecule has 2 aromatic rings. The van der Waals surface area contributed by atoms with E-state index in [1.165, 1.54) is 32.0 Å². The van der Waals surface area contributed by atoms with Crippen LogP contribution in [0.5, 0.6) is 5.75 Å². The van der Waals surface area contributed by atoms with Gasteiger partial charge in [0.2, 0.25) is 5.91 Å². The summed E-state index contributed by atoms with van der Waals surface area (Å²) in [6.07, 6.45) is -4.30. The summed E-state index contributed by atoms with van der Waals surface area (Å²) in [7, 11) is 0. The minimum atomic E-state index is -4.34. The van der Waals surface area contributed by atoms with Gasteiger partial charge in [-0.05, 0) is 44.9 Å². The maximum Gasteiger partial charge on any atom is 0.397 e. The molecule has 158 valence electrons. The Morgan fingerprint density at radius 1 is 1.34 bits per heavy atom. The Balaban J connectivity index is 1.87. The number of furan rings is 1. The van der Waals surface area contributed by atoms with E-state index in [0.717, 1.165) is 0 Å². The molecule has 0 bridgehead atoms. The number of hydrogen-bond donors (Lipinski definition) is 3. The molecule has 4 N–H and O–H groups in total. The number of aliphatic hydroxyl groups excluding tert-OH is 1. The van der Waals surface area contributed by atoms with E-state index >= 15 is 0 Å². The van der Waals surface area contributed by atoms with Gasteiger partial charge in [0.15, 0.2) is 0 Å². The first kappa shape index (κ1) is 21.0. The second-order valence-electron chi connectivity index (χ2n) is 7.57. The average molecular weight is 414 g/mol. The molecule has 3 rings (SSSR count). The first-order valence-electron chi connectivity index (χ1n) is 8.88. The zero-order valence-electron chi connectivity index (χ0n) is 15.9. The Labute approximate surface area is 164 Å². The molecule has 0 spiro atoms. The van der Waals surface area contributed by atoms with Gasteiger partial charge in [-0.3, -0.25) is 9.59 Å². The summed E-state index contributed by atoms with van der Waals surface area (Å²) in [4.78, 5) is 24.2. The molecule has 1 saturated carbocycles. The highest BCUT2D eigenvalue weighted by atomic mass is 19.4. The van der Waals surface area contributed by atoms with Gasteiger partial charge in [-0.1, -0.05) is 0 Å². The molecule has 1 aliphatic rings. The summed E-state index contributed by atoms with van der Waals surface area (Å²) in [5.41, 5.74) is 2.12. The van der Waals surface area contributed by atoms with E-state index in [1.54, 1.807) is 0 Å². The lowest BCUT2D eigenvalue weighted by atomic mass is 10.0. The molecule has 0 radical (unpaired) electrons. The van der Waals surface area contributed by atoms with Crippen LogP contribution in [0, 0.1) is 12.3 Å². The number of amides is 2. The van der Waals surface area contributed by atoms with Crippen LogP contribution in [-0.2, 0) is 4.79 Å². The van der Waals surface area contributed by atoms with Crippen LogP contribution in [0.15, 0.2) is 22.6 Å². The van der Waals surface area contributed by atoms with Crippen molar-refractivity contribution in [2.24, 2.45) is 11.1 Å². The first-order chi connectivity index (χ1) is 13.4. The minimum absolute atomic E-state index is 0.0179. The van der Waals surface area contributed by atoms with E-state index in [4.69, 9.17) is 14.9 Å². The lowest BCUT2D eigenvalue weighted by Gasteiger charge is -2.24. The van der Waals surface area contributed by atoms with E-state index in [0.29, 0.717) is 11.0 Å². The minimum Gasteiger partial charge on any atom is -0.493 e. The fourth-order valence-corrected chi connectivity index (χ4v) is 2.95. The predicted molar refractivity (Wildman–Crippen MR) is 96.3 cm³/mol. The fourth-order valence-electron chi connectivity index (χ4n) is 2.95. The van der Waals surface area contributed by atoms with Crippen molar-refractivity contribution in [1.29, 1.82) is 0 Å². The molecule has 1 fully saturated rings. The van der Waals surface area contributed by atoms with Crippen LogP contribution in [0.2, 0.25) is 0 Å². The Hall–Kier alpha value is -2.75. The number of carbonyl (C=O) groups is 2. The smallest absolute Gasteiger partial charge is 0.397 e. The van der Waals surface area contributed by atoms with Gasteiger partial charge in [0.1, 0.15) is 34.7 Å². The van der Waals surface area contributed by atoms with Crippen LogP contribution in [0.4, 0.5) is 13.2 Å². The highest BCUT2D eigenvalue weighted by molar-refractivity contribution is 6.09. The number of hydrogen-bond acceptors (Lipinski definition) is 5. The molecule has 1 heterocycles. The molecular weight excluding hydrogens is 393 g/mol. The van der Waals surface area contributed by atoms with Gasteiger partial charge in [0.25, 0.3) is 5.91 Å². The molecule has 1 aromatic heterocycles. The Morgan fingerprint density at radius 3 is 2.52 bits per heavy atom. The van der Waals surface area contributed by atoms with Crippen molar-refractivity contribution in [1.82, 2.24) is 5.32 Å². The molecule has 0 aliphatic heterocycles. The largest absolute Gasteiger partial charge is 0.493 e. The van der Waals surface area contributed by atoms with Crippen molar-refractivity contribution in [3.63, 3.8) is 0 Å². The molecule has 0 saturated heterocycles. The van der Waals surface area contributed by atoms with Crippen molar-refractivity contribution >= 4 is 22.8 Å². The van der Waals surface area contributed by atoms with Crippen molar-refractivity contribution in [2.75, 3.05) is 13.2 Å². The molecule has 29 heavy (non-hydrogen) atoms. The second kappa shape index (κ2) is 6.94. The van der Waals surface area contributed by atoms with Gasteiger partial charge < -0.3 is 25.3 Å². The van der Waals surface area contributed by atoms with E-state index in [-0.39, 0.29) is 29.9 Å². The number of benzene rings is 1. The Morgan fingerprint density at radius 2 is 2.00 bits per heavy atom. The van der Waals surface area contributed by atoms with Gasteiger partial charge in [-0.2, -0.15) is 13.2 Å². The first-order valence-corrected chi connectivity index (χ1v) is 8.88. The lowest BCUT2D eigenvalue weighted by molar-refractivity contribution is -0.194. The molecule has 1 unspecified atom stereocenters. The van der Waals surface area contributed by atoms with Gasteiger partial charge >= 0.3 is 6.18 Å². The number of primary amides is 1. The number of aliphatic hydroxyl groups is 1. The summed E-state index contributed by atoms with van der Waals surface area (Å²) in [6.45, 7) is 1.58. The van der Waals surface area contributed by atoms with Crippen LogP contribution in [-0.4, -0.2) is 41.8 Å². The quantitative estimate of drug-likeness (QED) is 0.644. The van der Waals surface area contributed by atoms with Crippen LogP contribution in [0.25, 0.3) is 11.0 Å². The summed E-state index contributed by atoms with van der Waals surface area (Å²) >= 11 is 0. The second-order valence-corrected chi connectivity index (χ2v) is 7.57. The monoisotopic (exact) mass is 414 g/mol. The van der Waals surface area contributed by atoms with E-state index in [1.807, 2.05) is 0 Å². The molecule has 1 aliphatic carbocycles. The van der Waals surface area contributed by atoms with E-state index in [9.17, 15) is 27.9 Å². The number of nitrogens with two attached hydrogens (primary N) is 1. The van der Waals surface area contributed by atoms with Crippen molar-refractivity contribution < 1.29 is 37.0 Å². The number of ether oxygens (including phenoxy) is 1. The number of aryl methyl sites for hydroxylation is 1. The third-order valence-corrected chi connectivity index (χ3v) is 5.28. The molecule has 2 amide bonds. The number of carbonyl (C=O) groups excluding carboxylic acids is 2. The SMILES string of the molecule is Cc1oc2ccc(OCC3(C(F)(F)F)CC3)cc2c1C(=O)NC(C)(CO)C(N)=O. The molecule has 10 heteroatoms. The third-order valence-electron chi connectivity index (χ3n) is 5.28. The standard InChI is InChI=1S/C19H21F3N2O5/c1-10-14(15(26)24-17(2,8-25)16(23)27)12-7-11(3-4-13(12)29-10)28-9-18(5-6-18)19(20,21)22/h3-4,7,25H,5-6,8-9H2,1-2H3,(H2,23,27)(H,24,26). The average Bonchev–Trinajstić information content (AvgIpc) is 3.36. The summed E-state index contributed by atoms with van der Waals surface area (Å²) in [5, 5.41) is 12.1. The molecular formula is C19H21F3N2O5. The number of nitrogens with one attached hydrogen (secondary N) is 1. The van der Waals surface area contributed by atoms with E-state index < -0.39 is 42.2 Å². The zero-order valence-corrected chi connectivity index (χ0v) is 15.9. The number of rotatable bonds is 7. The molecule has 1 aromatic carbocycles. The summed E-state index contributed by atoms with van der Waals surface area (Å²) in [5.74, 6) is -1.26. The number of fused-ring (bicyclic) bond motifs is 1. The van der Waals surface area contributed by atoms with Gasteiger partial charge in [-0.25, -0.2) is 0 Å². The summed E-state index contributed by atoms with van der Waals surface area (Å²) in [6, 6.07) is 4.36. The van der Waals surface area contributed by atoms with Crippen LogP contribution in [0.3, 0.4) is 0 Å². The van der Waals surface area contributed by atoms with Crippen LogP contribution < -0.4 is 15.8 Å². The van der Waals surface area contributed by atoms with E-state index in [2.05, 4.69) is 5.32 Å². The summed E-state index contributed by atoms with van der Waals surface area (Å²) < 4.78 is 50.1. The van der Waals surface area contributed by atoms with Crippen LogP contribution >= 0.6 is 0 Å². The van der Waals surface area contributed by atoms with Gasteiger partial charge in [-0.15, -0.1) is 0 Å². The number of alkyl halides is 3. The normalized spacial score (nSPS) is 17.6. The maximum atomic E-state index is 13.1. The lowest BCUT2D eigenvalue weighted by Crippen LogP contribution is -2.57. The number of halogens is 3. The molecule has 1 atom stereocenters. The predicted octanol–water partition coefficient (Wildman–Crippen LogP) is 2.43. The Bertz CT molecular complexity index is 965. The third kappa shape index (κ3) is 3.76. The maximum absolute atomic E-state index is 13.1. The van der Waals surface area contributed by atoms with Crippen molar-refractivity contribution in [3.05, 3.63) is 29.5 Å². The van der Waals surface area contributed by atoms with Crippen LogP contribution in [0.1, 0.15) is 35.9 Å². The molecule has 7 nitrogen and oxygen atoms in total. The van der Waals surface area contributed by atoms with Crippen molar-refractivity contribution in [3.8, 4) is 5.75 Å². The van der Waals surface area contributed by atoms with Crippen molar-refractivity contribution in [2.45, 2.75) is 38.4 Å². The zero-order chi connectivity index (χ0) is 21.6. The Kier molecular flexibility index (Phi) is 5.02.